The second-order valence-electron chi connectivity index (χ2n) is 9.03. The summed E-state index contributed by atoms with van der Waals surface area (Å²) in [7, 11) is 1.63. The molecule has 0 amide bonds. The van der Waals surface area contributed by atoms with Crippen molar-refractivity contribution in [3.05, 3.63) is 73.4 Å². The highest BCUT2D eigenvalue weighted by Gasteiger charge is 2.24. The first kappa shape index (κ1) is 27.2. The van der Waals surface area contributed by atoms with E-state index in [1.807, 2.05) is 25.1 Å². The third kappa shape index (κ3) is 6.18. The summed E-state index contributed by atoms with van der Waals surface area (Å²) in [6, 6.07) is 10.8. The topological polar surface area (TPSA) is 90.1 Å². The first-order chi connectivity index (χ1) is 17.8. The van der Waals surface area contributed by atoms with E-state index < -0.39 is 5.09 Å². The molecule has 0 N–H and O–H groups in total. The molecule has 0 saturated carbocycles. The molecule has 37 heavy (non-hydrogen) atoms. The lowest BCUT2D eigenvalue weighted by atomic mass is 10.1. The lowest BCUT2D eigenvalue weighted by Crippen LogP contribution is -2.47. The van der Waals surface area contributed by atoms with Crippen molar-refractivity contribution in [2.75, 3.05) is 53.0 Å². The largest absolute Gasteiger partial charge is 0.497 e. The number of benzene rings is 2. The number of hydrogen-bond acceptors (Lipinski definition) is 7. The molecule has 2 aromatic carbocycles. The van der Waals surface area contributed by atoms with Crippen LogP contribution in [0.2, 0.25) is 10.0 Å². The predicted octanol–water partition coefficient (Wildman–Crippen LogP) is 4.71. The zero-order valence-corrected chi connectivity index (χ0v) is 22.4. The molecular formula is C26H30Cl2N4O5. The second kappa shape index (κ2) is 12.1. The molecule has 4 rings (SSSR count). The van der Waals surface area contributed by atoms with Crippen molar-refractivity contribution in [1.29, 1.82) is 0 Å². The molecule has 0 aliphatic carbocycles. The van der Waals surface area contributed by atoms with Crippen LogP contribution in [-0.2, 0) is 11.3 Å². The smallest absolute Gasteiger partial charge is 0.294 e. The molecule has 1 aliphatic heterocycles. The van der Waals surface area contributed by atoms with Crippen LogP contribution in [0.15, 0.2) is 36.4 Å². The third-order valence-electron chi connectivity index (χ3n) is 6.89. The van der Waals surface area contributed by atoms with Gasteiger partial charge in [0.25, 0.3) is 11.0 Å². The number of halogens is 2. The molecule has 1 aliphatic rings. The Balaban J connectivity index is 1.50. The molecule has 2 heterocycles. The fourth-order valence-corrected chi connectivity index (χ4v) is 5.27. The SMILES string of the molecule is COc1ccc2c(c1)c(CCN1CCN(CCCO[N+](=O)[O-])CC1)c(C)n2C(=O)c1cccc(Cl)c1Cl. The van der Waals surface area contributed by atoms with Gasteiger partial charge < -0.3 is 19.4 Å². The van der Waals surface area contributed by atoms with E-state index in [4.69, 9.17) is 27.9 Å². The van der Waals surface area contributed by atoms with Crippen LogP contribution in [0.5, 0.6) is 5.75 Å². The number of carbonyl (C=O) groups is 1. The Morgan fingerprint density at radius 3 is 2.46 bits per heavy atom. The summed E-state index contributed by atoms with van der Waals surface area (Å²) in [6.45, 7) is 7.34. The van der Waals surface area contributed by atoms with Crippen LogP contribution >= 0.6 is 23.2 Å². The van der Waals surface area contributed by atoms with E-state index in [0.717, 1.165) is 73.6 Å². The first-order valence-corrected chi connectivity index (χ1v) is 12.9. The molecule has 1 aromatic heterocycles. The summed E-state index contributed by atoms with van der Waals surface area (Å²) in [6.07, 6.45) is 1.40. The van der Waals surface area contributed by atoms with Crippen LogP contribution in [0.3, 0.4) is 0 Å². The molecular weight excluding hydrogens is 519 g/mol. The highest BCUT2D eigenvalue weighted by atomic mass is 35.5. The van der Waals surface area contributed by atoms with Crippen LogP contribution < -0.4 is 4.74 Å². The highest BCUT2D eigenvalue weighted by Crippen LogP contribution is 2.33. The lowest BCUT2D eigenvalue weighted by molar-refractivity contribution is -0.757. The third-order valence-corrected chi connectivity index (χ3v) is 7.70. The zero-order chi connectivity index (χ0) is 26.5. The fourth-order valence-electron chi connectivity index (χ4n) is 4.89. The van der Waals surface area contributed by atoms with E-state index in [1.54, 1.807) is 29.9 Å². The number of fused-ring (bicyclic) bond motifs is 1. The molecule has 0 radical (unpaired) electrons. The minimum atomic E-state index is -0.746. The average Bonchev–Trinajstić information content (AvgIpc) is 3.17. The van der Waals surface area contributed by atoms with Crippen molar-refractivity contribution in [2.45, 2.75) is 19.8 Å². The zero-order valence-electron chi connectivity index (χ0n) is 20.9. The van der Waals surface area contributed by atoms with Crippen LogP contribution in [-0.4, -0.2) is 78.3 Å². The number of piperazine rings is 1. The van der Waals surface area contributed by atoms with Gasteiger partial charge in [0.05, 0.1) is 34.8 Å². The standard InChI is InChI=1S/C26H30Cl2N4O5/c1-18-20(9-11-30-14-12-29(13-15-30)10-4-16-37-32(34)35)22-17-19(36-2)7-8-24(22)31(18)26(33)21-5-3-6-23(27)25(21)28/h3,5-8,17H,4,9-16H2,1-2H3. The van der Waals surface area contributed by atoms with Gasteiger partial charge in [-0.15, -0.1) is 10.1 Å². The normalized spacial score (nSPS) is 14.7. The number of nitrogens with zero attached hydrogens (tertiary/aromatic N) is 4. The van der Waals surface area contributed by atoms with Crippen molar-refractivity contribution in [2.24, 2.45) is 0 Å². The van der Waals surface area contributed by atoms with Gasteiger partial charge in [-0.1, -0.05) is 29.3 Å². The summed E-state index contributed by atoms with van der Waals surface area (Å²) in [4.78, 5) is 33.0. The fraction of sp³-hybridized carbons (Fsp3) is 0.423. The second-order valence-corrected chi connectivity index (χ2v) is 9.82. The van der Waals surface area contributed by atoms with Gasteiger partial charge in [-0.3, -0.25) is 9.36 Å². The van der Waals surface area contributed by atoms with Gasteiger partial charge in [-0.05, 0) is 55.7 Å². The number of rotatable bonds is 10. The monoisotopic (exact) mass is 548 g/mol. The summed E-state index contributed by atoms with van der Waals surface area (Å²) in [5.41, 5.74) is 3.13. The molecule has 11 heteroatoms. The predicted molar refractivity (Wildman–Crippen MR) is 144 cm³/mol. The summed E-state index contributed by atoms with van der Waals surface area (Å²) < 4.78 is 7.19. The molecule has 0 spiro atoms. The Kier molecular flexibility index (Phi) is 8.91. The number of hydrogen-bond donors (Lipinski definition) is 0. The maximum absolute atomic E-state index is 13.6. The highest BCUT2D eigenvalue weighted by molar-refractivity contribution is 6.44. The van der Waals surface area contributed by atoms with Gasteiger partial charge in [-0.25, -0.2) is 0 Å². The maximum Gasteiger partial charge on any atom is 0.294 e. The van der Waals surface area contributed by atoms with E-state index in [-0.39, 0.29) is 17.5 Å². The molecule has 1 saturated heterocycles. The number of ether oxygens (including phenoxy) is 1. The van der Waals surface area contributed by atoms with Crippen molar-refractivity contribution < 1.29 is 19.5 Å². The summed E-state index contributed by atoms with van der Waals surface area (Å²) >= 11 is 12.6. The molecule has 0 bridgehead atoms. The quantitative estimate of drug-likeness (QED) is 0.206. The van der Waals surface area contributed by atoms with E-state index in [1.165, 1.54) is 0 Å². The van der Waals surface area contributed by atoms with Crippen molar-refractivity contribution >= 4 is 40.0 Å². The number of aromatic nitrogens is 1. The Hall–Kier alpha value is -2.85. The summed E-state index contributed by atoms with van der Waals surface area (Å²) in [5, 5.41) is 11.1. The van der Waals surface area contributed by atoms with Crippen molar-refractivity contribution in [1.82, 2.24) is 14.4 Å². The molecule has 1 fully saturated rings. The van der Waals surface area contributed by atoms with Crippen LogP contribution in [0.4, 0.5) is 0 Å². The van der Waals surface area contributed by atoms with Crippen molar-refractivity contribution in [3.63, 3.8) is 0 Å². The van der Waals surface area contributed by atoms with E-state index >= 15 is 0 Å². The first-order valence-electron chi connectivity index (χ1n) is 12.2. The van der Waals surface area contributed by atoms with E-state index in [0.29, 0.717) is 17.0 Å². The molecule has 3 aromatic rings. The number of methoxy groups -OCH3 is 1. The van der Waals surface area contributed by atoms with Gasteiger partial charge in [-0.2, -0.15) is 0 Å². The Labute approximate surface area is 225 Å². The minimum Gasteiger partial charge on any atom is -0.497 e. The van der Waals surface area contributed by atoms with Crippen LogP contribution in [0.25, 0.3) is 10.9 Å². The molecule has 0 unspecified atom stereocenters. The van der Waals surface area contributed by atoms with Crippen LogP contribution in [0.1, 0.15) is 28.0 Å². The minimum absolute atomic E-state index is 0.124. The van der Waals surface area contributed by atoms with Gasteiger partial charge in [0.15, 0.2) is 0 Å². The lowest BCUT2D eigenvalue weighted by Gasteiger charge is -2.34. The van der Waals surface area contributed by atoms with Gasteiger partial charge in [0.1, 0.15) is 5.75 Å². The molecule has 9 nitrogen and oxygen atoms in total. The van der Waals surface area contributed by atoms with E-state index in [9.17, 15) is 14.9 Å². The summed E-state index contributed by atoms with van der Waals surface area (Å²) in [5.74, 6) is 0.509. The van der Waals surface area contributed by atoms with Crippen molar-refractivity contribution in [3.8, 4) is 5.75 Å². The van der Waals surface area contributed by atoms with Gasteiger partial charge >= 0.3 is 0 Å². The maximum atomic E-state index is 13.6. The Bertz CT molecular complexity index is 1290. The molecule has 198 valence electrons. The van der Waals surface area contributed by atoms with Gasteiger partial charge in [0, 0.05) is 50.3 Å². The Morgan fingerprint density at radius 1 is 1.08 bits per heavy atom. The average molecular weight is 549 g/mol. The number of carbonyl (C=O) groups excluding carboxylic acids is 1. The van der Waals surface area contributed by atoms with Crippen LogP contribution in [0, 0.1) is 17.0 Å². The van der Waals surface area contributed by atoms with Gasteiger partial charge in [0.2, 0.25) is 0 Å². The Morgan fingerprint density at radius 2 is 1.78 bits per heavy atom. The molecule has 0 atom stereocenters. The van der Waals surface area contributed by atoms with E-state index in [2.05, 4.69) is 14.6 Å².